The Hall–Kier alpha value is -3.93. The fourth-order valence-corrected chi connectivity index (χ4v) is 6.82. The third-order valence-electron chi connectivity index (χ3n) is 8.74. The predicted octanol–water partition coefficient (Wildman–Crippen LogP) is 5.39. The molecule has 0 spiro atoms. The molecule has 4 heterocycles. The molecule has 0 atom stereocenters. The second-order valence-electron chi connectivity index (χ2n) is 12.2. The van der Waals surface area contributed by atoms with Crippen LogP contribution in [0.5, 0.6) is 0 Å². The fourth-order valence-electron chi connectivity index (χ4n) is 6.10. The molecule has 4 aromatic rings. The molecule has 9 nitrogen and oxygen atoms in total. The minimum atomic E-state index is 0.0443. The molecule has 2 aromatic carbocycles. The minimum absolute atomic E-state index is 0.0443. The maximum Gasteiger partial charge on any atom is 0.224 e. The molecular weight excluding hydrogens is 607 g/mol. The molecular formula is C37H45N7O2S. The van der Waals surface area contributed by atoms with Crippen LogP contribution in [0.15, 0.2) is 78.2 Å². The number of hydrogen-bond donors (Lipinski definition) is 4. The Kier molecular flexibility index (Phi) is 11.8. The van der Waals surface area contributed by atoms with Crippen LogP contribution in [0, 0.1) is 0 Å². The summed E-state index contributed by atoms with van der Waals surface area (Å²) in [6, 6.07) is 24.3. The number of benzene rings is 2. The second-order valence-corrected chi connectivity index (χ2v) is 13.2. The summed E-state index contributed by atoms with van der Waals surface area (Å²) in [7, 11) is 0. The van der Waals surface area contributed by atoms with Gasteiger partial charge in [0.15, 0.2) is 0 Å². The Morgan fingerprint density at radius 3 is 1.55 bits per heavy atom. The second kappa shape index (κ2) is 16.8. The maximum absolute atomic E-state index is 12.6. The molecule has 2 fully saturated rings. The highest BCUT2D eigenvalue weighted by Gasteiger charge is 2.13. The molecule has 2 aliphatic rings. The lowest BCUT2D eigenvalue weighted by Crippen LogP contribution is -2.43. The highest BCUT2D eigenvalue weighted by atomic mass is 32.1. The molecule has 4 N–H and O–H groups in total. The lowest BCUT2D eigenvalue weighted by Gasteiger charge is -2.26. The lowest BCUT2D eigenvalue weighted by molar-refractivity contribution is -0.117. The van der Waals surface area contributed by atoms with Gasteiger partial charge >= 0.3 is 0 Å². The van der Waals surface area contributed by atoms with Crippen molar-refractivity contribution in [1.29, 1.82) is 0 Å². The standard InChI is InChI=1S/C37H45N7O2S/c45-36(5-1-19-43-21-15-38-16-22-43)40-31-11-7-28(8-12-31)33-26-30(35-4-3-25-47-35)27-34(42-33)29-9-13-32(14-10-29)41-37(46)6-2-20-44-23-17-39-18-24-44/h3-4,7-14,25-27,38-39H,1-2,5-6,15-24H2,(H,40,45)(H,41,46). The number of pyridine rings is 1. The van der Waals surface area contributed by atoms with Crippen LogP contribution in [-0.2, 0) is 9.59 Å². The first-order valence-electron chi connectivity index (χ1n) is 16.8. The number of nitrogens with zero attached hydrogens (tertiary/aromatic N) is 3. The van der Waals surface area contributed by atoms with E-state index in [1.54, 1.807) is 11.3 Å². The van der Waals surface area contributed by atoms with Gasteiger partial charge in [0.1, 0.15) is 0 Å². The van der Waals surface area contributed by atoms with Crippen molar-refractivity contribution >= 4 is 34.5 Å². The van der Waals surface area contributed by atoms with Crippen molar-refractivity contribution in [1.82, 2.24) is 25.4 Å². The third kappa shape index (κ3) is 9.79. The number of carbonyl (C=O) groups excluding carboxylic acids is 2. The van der Waals surface area contributed by atoms with Gasteiger partial charge in [0.05, 0.1) is 11.4 Å². The highest BCUT2D eigenvalue weighted by Crippen LogP contribution is 2.33. The van der Waals surface area contributed by atoms with Crippen LogP contribution in [0.2, 0.25) is 0 Å². The van der Waals surface area contributed by atoms with E-state index in [0.29, 0.717) is 12.8 Å². The highest BCUT2D eigenvalue weighted by molar-refractivity contribution is 7.13. The van der Waals surface area contributed by atoms with Crippen molar-refractivity contribution in [2.24, 2.45) is 0 Å². The zero-order valence-electron chi connectivity index (χ0n) is 27.0. The van der Waals surface area contributed by atoms with Gasteiger partial charge in [0.25, 0.3) is 0 Å². The largest absolute Gasteiger partial charge is 0.326 e. The summed E-state index contributed by atoms with van der Waals surface area (Å²) in [5, 5.41) is 14.9. The van der Waals surface area contributed by atoms with Crippen LogP contribution in [0.4, 0.5) is 11.4 Å². The van der Waals surface area contributed by atoms with Crippen LogP contribution < -0.4 is 21.3 Å². The van der Waals surface area contributed by atoms with E-state index >= 15 is 0 Å². The Labute approximate surface area is 281 Å². The van der Waals surface area contributed by atoms with E-state index in [2.05, 4.69) is 60.7 Å². The summed E-state index contributed by atoms with van der Waals surface area (Å²) >= 11 is 1.70. The summed E-state index contributed by atoms with van der Waals surface area (Å²) in [5.74, 6) is 0.0886. The van der Waals surface area contributed by atoms with E-state index in [-0.39, 0.29) is 11.8 Å². The van der Waals surface area contributed by atoms with Crippen LogP contribution in [0.1, 0.15) is 25.7 Å². The lowest BCUT2D eigenvalue weighted by atomic mass is 10.0. The normalized spacial score (nSPS) is 15.7. The van der Waals surface area contributed by atoms with Crippen molar-refractivity contribution in [3.8, 4) is 33.0 Å². The number of amides is 2. The molecule has 2 amide bonds. The minimum Gasteiger partial charge on any atom is -0.326 e. The maximum atomic E-state index is 12.6. The summed E-state index contributed by atoms with van der Waals surface area (Å²) in [6.45, 7) is 10.2. The smallest absolute Gasteiger partial charge is 0.224 e. The summed E-state index contributed by atoms with van der Waals surface area (Å²) in [6.07, 6.45) is 2.74. The van der Waals surface area contributed by atoms with E-state index < -0.39 is 0 Å². The molecule has 2 aromatic heterocycles. The number of anilines is 2. The first-order valence-corrected chi connectivity index (χ1v) is 17.7. The molecule has 2 aliphatic heterocycles. The zero-order valence-corrected chi connectivity index (χ0v) is 27.8. The van der Waals surface area contributed by atoms with E-state index in [4.69, 9.17) is 4.98 Å². The molecule has 0 unspecified atom stereocenters. The number of thiophene rings is 1. The number of hydrogen-bond acceptors (Lipinski definition) is 8. The Morgan fingerprint density at radius 1 is 0.660 bits per heavy atom. The Bertz CT molecular complexity index is 1480. The third-order valence-corrected chi connectivity index (χ3v) is 9.65. The first kappa shape index (κ1) is 33.0. The molecule has 6 rings (SSSR count). The number of aromatic nitrogens is 1. The van der Waals surface area contributed by atoms with Crippen LogP contribution in [0.25, 0.3) is 33.0 Å². The molecule has 10 heteroatoms. The van der Waals surface area contributed by atoms with Crippen molar-refractivity contribution in [2.45, 2.75) is 25.7 Å². The number of piperazine rings is 2. The average Bonchev–Trinajstić information content (AvgIpc) is 3.65. The Morgan fingerprint density at radius 2 is 1.13 bits per heavy atom. The van der Waals surface area contributed by atoms with Crippen molar-refractivity contribution in [2.75, 3.05) is 76.1 Å². The molecule has 0 aliphatic carbocycles. The van der Waals surface area contributed by atoms with E-state index in [1.807, 2.05) is 48.5 Å². The Balaban J connectivity index is 1.08. The molecule has 0 saturated carbocycles. The van der Waals surface area contributed by atoms with Crippen LogP contribution in [-0.4, -0.2) is 92.0 Å². The average molecular weight is 652 g/mol. The van der Waals surface area contributed by atoms with Gasteiger partial charge in [-0.25, -0.2) is 4.98 Å². The fraction of sp³-hybridized carbons (Fsp3) is 0.378. The number of carbonyl (C=O) groups is 2. The predicted molar refractivity (Wildman–Crippen MR) is 193 cm³/mol. The monoisotopic (exact) mass is 651 g/mol. The number of rotatable bonds is 13. The summed E-state index contributed by atoms with van der Waals surface area (Å²) < 4.78 is 0. The van der Waals surface area contributed by atoms with Gasteiger partial charge in [0.2, 0.25) is 11.8 Å². The molecule has 2 saturated heterocycles. The van der Waals surface area contributed by atoms with Crippen molar-refractivity contribution in [3.63, 3.8) is 0 Å². The SMILES string of the molecule is O=C(CCCN1CCNCC1)Nc1ccc(-c2cc(-c3cccs3)cc(-c3ccc(NC(=O)CCCN4CCNCC4)cc3)n2)cc1. The van der Waals surface area contributed by atoms with Crippen LogP contribution in [0.3, 0.4) is 0 Å². The van der Waals surface area contributed by atoms with Gasteiger partial charge in [-0.05, 0) is 79.3 Å². The van der Waals surface area contributed by atoms with Crippen molar-refractivity contribution in [3.05, 3.63) is 78.2 Å². The summed E-state index contributed by atoms with van der Waals surface area (Å²) in [4.78, 5) is 36.2. The van der Waals surface area contributed by atoms with Gasteiger partial charge in [-0.2, -0.15) is 0 Å². The van der Waals surface area contributed by atoms with E-state index in [9.17, 15) is 9.59 Å². The molecule has 0 bridgehead atoms. The number of nitrogens with one attached hydrogen (secondary N) is 4. The molecule has 47 heavy (non-hydrogen) atoms. The van der Waals surface area contributed by atoms with Gasteiger partial charge in [-0.3, -0.25) is 9.59 Å². The van der Waals surface area contributed by atoms with Crippen molar-refractivity contribution < 1.29 is 9.59 Å². The summed E-state index contributed by atoms with van der Waals surface area (Å²) in [5.41, 5.74) is 6.36. The van der Waals surface area contributed by atoms with Gasteiger partial charge in [-0.15, -0.1) is 11.3 Å². The zero-order chi connectivity index (χ0) is 32.3. The molecule has 246 valence electrons. The topological polar surface area (TPSA) is 102 Å². The van der Waals surface area contributed by atoms with Crippen LogP contribution >= 0.6 is 11.3 Å². The first-order chi connectivity index (χ1) is 23.1. The van der Waals surface area contributed by atoms with E-state index in [0.717, 1.165) is 118 Å². The van der Waals surface area contributed by atoms with Gasteiger partial charge < -0.3 is 31.1 Å². The molecule has 0 radical (unpaired) electrons. The van der Waals surface area contributed by atoms with Gasteiger partial charge in [-0.1, -0.05) is 30.3 Å². The quantitative estimate of drug-likeness (QED) is 0.154. The van der Waals surface area contributed by atoms with Gasteiger partial charge in [0, 0.05) is 92.6 Å². The van der Waals surface area contributed by atoms with E-state index in [1.165, 1.54) is 4.88 Å².